The summed E-state index contributed by atoms with van der Waals surface area (Å²) in [6, 6.07) is 7.89. The van der Waals surface area contributed by atoms with Crippen LogP contribution in [-0.2, 0) is 16.1 Å². The first-order valence-electron chi connectivity index (χ1n) is 5.84. The first kappa shape index (κ1) is 11.0. The van der Waals surface area contributed by atoms with Crippen LogP contribution in [0, 0.1) is 12.8 Å². The van der Waals surface area contributed by atoms with Crippen LogP contribution < -0.4 is 0 Å². The van der Waals surface area contributed by atoms with Crippen molar-refractivity contribution in [2.75, 3.05) is 7.11 Å². The average molecular weight is 243 g/mol. The number of ketones is 1. The number of aryl methyl sites for hydroxylation is 1. The highest BCUT2D eigenvalue weighted by Crippen LogP contribution is 2.30. The SMILES string of the molecule is COC(=O)C1Cn2c(cc3ccc(C)cc32)C1=O. The van der Waals surface area contributed by atoms with Crippen LogP contribution >= 0.6 is 0 Å². The average Bonchev–Trinajstić information content (AvgIpc) is 2.86. The fraction of sp³-hybridized carbons (Fsp3) is 0.286. The van der Waals surface area contributed by atoms with E-state index in [2.05, 4.69) is 4.74 Å². The van der Waals surface area contributed by atoms with E-state index in [1.165, 1.54) is 7.11 Å². The molecular formula is C14H13NO3. The molecule has 0 saturated heterocycles. The van der Waals surface area contributed by atoms with Gasteiger partial charge in [0.05, 0.1) is 12.8 Å². The third-order valence-corrected chi connectivity index (χ3v) is 3.48. The number of carbonyl (C=O) groups is 2. The Morgan fingerprint density at radius 1 is 1.39 bits per heavy atom. The fourth-order valence-corrected chi connectivity index (χ4v) is 2.53. The number of Topliss-reactive ketones (excluding diaryl/α,β-unsaturated/α-hetero) is 1. The van der Waals surface area contributed by atoms with Gasteiger partial charge in [-0.3, -0.25) is 9.59 Å². The monoisotopic (exact) mass is 243 g/mol. The van der Waals surface area contributed by atoms with Crippen molar-refractivity contribution in [2.45, 2.75) is 13.5 Å². The Labute approximate surface area is 104 Å². The van der Waals surface area contributed by atoms with Crippen LogP contribution in [0.3, 0.4) is 0 Å². The Morgan fingerprint density at radius 2 is 2.17 bits per heavy atom. The van der Waals surface area contributed by atoms with E-state index in [9.17, 15) is 9.59 Å². The zero-order chi connectivity index (χ0) is 12.9. The molecule has 4 heteroatoms. The summed E-state index contributed by atoms with van der Waals surface area (Å²) in [4.78, 5) is 23.7. The summed E-state index contributed by atoms with van der Waals surface area (Å²) in [6.07, 6.45) is 0. The molecule has 2 heterocycles. The summed E-state index contributed by atoms with van der Waals surface area (Å²) in [5, 5.41) is 1.03. The van der Waals surface area contributed by atoms with E-state index in [1.54, 1.807) is 0 Å². The molecule has 0 amide bonds. The molecule has 2 aromatic rings. The first-order chi connectivity index (χ1) is 8.61. The van der Waals surface area contributed by atoms with Gasteiger partial charge < -0.3 is 9.30 Å². The van der Waals surface area contributed by atoms with Crippen LogP contribution in [-0.4, -0.2) is 23.4 Å². The summed E-state index contributed by atoms with van der Waals surface area (Å²) < 4.78 is 6.58. The predicted molar refractivity (Wildman–Crippen MR) is 66.5 cm³/mol. The maximum absolute atomic E-state index is 12.1. The second-order valence-corrected chi connectivity index (χ2v) is 4.64. The van der Waals surface area contributed by atoms with E-state index in [0.717, 1.165) is 16.5 Å². The molecule has 0 bridgehead atoms. The minimum atomic E-state index is -0.685. The number of carbonyl (C=O) groups excluding carboxylic acids is 2. The van der Waals surface area contributed by atoms with Gasteiger partial charge in [-0.25, -0.2) is 0 Å². The third kappa shape index (κ3) is 1.38. The molecule has 1 aromatic carbocycles. The number of methoxy groups -OCH3 is 1. The minimum Gasteiger partial charge on any atom is -0.468 e. The van der Waals surface area contributed by atoms with Gasteiger partial charge in [-0.1, -0.05) is 12.1 Å². The van der Waals surface area contributed by atoms with Gasteiger partial charge >= 0.3 is 5.97 Å². The third-order valence-electron chi connectivity index (χ3n) is 3.48. The van der Waals surface area contributed by atoms with Crippen molar-refractivity contribution >= 4 is 22.7 Å². The van der Waals surface area contributed by atoms with E-state index < -0.39 is 11.9 Å². The fourth-order valence-electron chi connectivity index (χ4n) is 2.53. The lowest BCUT2D eigenvalue weighted by Crippen LogP contribution is -2.22. The number of nitrogens with zero attached hydrogens (tertiary/aromatic N) is 1. The quantitative estimate of drug-likeness (QED) is 0.568. The molecule has 92 valence electrons. The maximum Gasteiger partial charge on any atom is 0.318 e. The standard InChI is InChI=1S/C14H13NO3/c1-8-3-4-9-6-12-13(16)10(14(17)18-2)7-15(12)11(9)5-8/h3-6,10H,7H2,1-2H3. The molecule has 18 heavy (non-hydrogen) atoms. The Balaban J connectivity index is 2.14. The summed E-state index contributed by atoms with van der Waals surface area (Å²) in [7, 11) is 1.31. The molecular weight excluding hydrogens is 230 g/mol. The Hall–Kier alpha value is -2.10. The van der Waals surface area contributed by atoms with Crippen molar-refractivity contribution in [1.29, 1.82) is 0 Å². The zero-order valence-corrected chi connectivity index (χ0v) is 10.3. The van der Waals surface area contributed by atoms with Gasteiger partial charge in [-0.2, -0.15) is 0 Å². The highest BCUT2D eigenvalue weighted by molar-refractivity contribution is 6.12. The summed E-state index contributed by atoms with van der Waals surface area (Å²) in [5.41, 5.74) is 2.74. The van der Waals surface area contributed by atoms with Crippen LogP contribution in [0.5, 0.6) is 0 Å². The molecule has 0 aliphatic carbocycles. The van der Waals surface area contributed by atoms with Gasteiger partial charge in [0.1, 0.15) is 5.92 Å². The number of rotatable bonds is 1. The van der Waals surface area contributed by atoms with E-state index in [1.807, 2.05) is 35.8 Å². The van der Waals surface area contributed by atoms with Crippen molar-refractivity contribution in [3.8, 4) is 0 Å². The number of fused-ring (bicyclic) bond motifs is 3. The number of hydrogen-bond acceptors (Lipinski definition) is 3. The number of aromatic nitrogens is 1. The summed E-state index contributed by atoms with van der Waals surface area (Å²) >= 11 is 0. The molecule has 0 radical (unpaired) electrons. The van der Waals surface area contributed by atoms with E-state index >= 15 is 0 Å². The Bertz CT molecular complexity index is 669. The normalized spacial score (nSPS) is 18.1. The molecule has 1 aliphatic heterocycles. The van der Waals surface area contributed by atoms with Crippen LogP contribution in [0.4, 0.5) is 0 Å². The number of benzene rings is 1. The second-order valence-electron chi connectivity index (χ2n) is 4.64. The second kappa shape index (κ2) is 3.70. The van der Waals surface area contributed by atoms with Gasteiger partial charge in [0, 0.05) is 17.4 Å². The summed E-state index contributed by atoms with van der Waals surface area (Å²) in [6.45, 7) is 2.39. The predicted octanol–water partition coefficient (Wildman–Crippen LogP) is 1.94. The van der Waals surface area contributed by atoms with Crippen LogP contribution in [0.2, 0.25) is 0 Å². The summed E-state index contributed by atoms with van der Waals surface area (Å²) in [5.74, 6) is -1.28. The number of hydrogen-bond donors (Lipinski definition) is 0. The van der Waals surface area contributed by atoms with Gasteiger partial charge in [-0.05, 0) is 24.6 Å². The highest BCUT2D eigenvalue weighted by atomic mass is 16.5. The minimum absolute atomic E-state index is 0.143. The zero-order valence-electron chi connectivity index (χ0n) is 10.3. The van der Waals surface area contributed by atoms with Crippen molar-refractivity contribution in [1.82, 2.24) is 4.57 Å². The molecule has 0 saturated carbocycles. The first-order valence-corrected chi connectivity index (χ1v) is 5.84. The molecule has 0 spiro atoms. The Kier molecular flexibility index (Phi) is 2.26. The molecule has 0 fully saturated rings. The molecule has 0 N–H and O–H groups in total. The van der Waals surface area contributed by atoms with Crippen molar-refractivity contribution in [3.05, 3.63) is 35.5 Å². The van der Waals surface area contributed by atoms with Gasteiger partial charge in [0.2, 0.25) is 0 Å². The van der Waals surface area contributed by atoms with Crippen LogP contribution in [0.15, 0.2) is 24.3 Å². The lowest BCUT2D eigenvalue weighted by atomic mass is 10.0. The molecule has 1 unspecified atom stereocenters. The van der Waals surface area contributed by atoms with Crippen LogP contribution in [0.25, 0.3) is 10.9 Å². The molecule has 4 nitrogen and oxygen atoms in total. The van der Waals surface area contributed by atoms with Crippen molar-refractivity contribution < 1.29 is 14.3 Å². The van der Waals surface area contributed by atoms with Crippen molar-refractivity contribution in [2.24, 2.45) is 5.92 Å². The van der Waals surface area contributed by atoms with Gasteiger partial charge in [-0.15, -0.1) is 0 Å². The van der Waals surface area contributed by atoms with E-state index in [4.69, 9.17) is 0 Å². The maximum atomic E-state index is 12.1. The lowest BCUT2D eigenvalue weighted by molar-refractivity contribution is -0.143. The topological polar surface area (TPSA) is 48.3 Å². The number of esters is 1. The number of ether oxygens (including phenoxy) is 1. The van der Waals surface area contributed by atoms with Gasteiger partial charge in [0.25, 0.3) is 0 Å². The van der Waals surface area contributed by atoms with E-state index in [0.29, 0.717) is 12.2 Å². The highest BCUT2D eigenvalue weighted by Gasteiger charge is 2.37. The van der Waals surface area contributed by atoms with Crippen LogP contribution in [0.1, 0.15) is 16.1 Å². The largest absolute Gasteiger partial charge is 0.468 e. The smallest absolute Gasteiger partial charge is 0.318 e. The van der Waals surface area contributed by atoms with E-state index in [-0.39, 0.29) is 5.78 Å². The molecule has 1 aromatic heterocycles. The molecule has 1 aliphatic rings. The van der Waals surface area contributed by atoms with Crippen molar-refractivity contribution in [3.63, 3.8) is 0 Å². The lowest BCUT2D eigenvalue weighted by Gasteiger charge is -2.05. The molecule has 1 atom stereocenters. The van der Waals surface area contributed by atoms with Gasteiger partial charge in [0.15, 0.2) is 5.78 Å². The molecule has 3 rings (SSSR count). The Morgan fingerprint density at radius 3 is 2.89 bits per heavy atom.